The van der Waals surface area contributed by atoms with E-state index in [1.165, 1.54) is 0 Å². The molecule has 7 heavy (non-hydrogen) atoms. The van der Waals surface area contributed by atoms with E-state index in [-0.39, 0.29) is 87.8 Å². The Morgan fingerprint density at radius 3 is 1.29 bits per heavy atom. The van der Waals surface area contributed by atoms with Crippen LogP contribution in [0.4, 0.5) is 0 Å². The molecule has 0 aliphatic rings. The van der Waals surface area contributed by atoms with Gasteiger partial charge in [-0.25, -0.2) is 8.42 Å². The molecule has 0 aromatic rings. The average molecular weight is 287 g/mol. The molecule has 44 valence electrons. The summed E-state index contributed by atoms with van der Waals surface area (Å²) in [5, 5.41) is 0. The number of hydrogen-bond donors (Lipinski definition) is 2. The van der Waals surface area contributed by atoms with Gasteiger partial charge in [0, 0.05) is 0 Å². The Bertz CT molecular complexity index is 63.3. The van der Waals surface area contributed by atoms with Crippen LogP contribution in [0.1, 0.15) is 0 Å². The van der Waals surface area contributed by atoms with Crippen molar-refractivity contribution in [1.29, 1.82) is 0 Å². The van der Waals surface area contributed by atoms with E-state index in [9.17, 15) is 0 Å². The second-order valence-electron chi connectivity index (χ2n) is 0.238. The van der Waals surface area contributed by atoms with E-state index >= 15 is 0 Å². The fourth-order valence-electron chi connectivity index (χ4n) is 0. The fraction of sp³-hybridized carbons (Fsp3) is 0. The summed E-state index contributed by atoms with van der Waals surface area (Å²) in [6, 6.07) is 0. The molecule has 0 aromatic heterocycles. The van der Waals surface area contributed by atoms with E-state index in [1.54, 1.807) is 0 Å². The van der Waals surface area contributed by atoms with E-state index in [0.717, 1.165) is 0 Å². The van der Waals surface area contributed by atoms with Crippen LogP contribution in [-0.4, -0.2) is 64.4 Å². The third-order valence-corrected chi connectivity index (χ3v) is 0. The van der Waals surface area contributed by atoms with Gasteiger partial charge >= 0.3 is 51.4 Å². The summed E-state index contributed by atoms with van der Waals surface area (Å²) in [6.45, 7) is 0. The van der Waals surface area contributed by atoms with Crippen LogP contribution in [0.25, 0.3) is 0 Å². The van der Waals surface area contributed by atoms with Gasteiger partial charge in [0.05, 0.1) is 0 Å². The Morgan fingerprint density at radius 2 is 1.29 bits per heavy atom. The van der Waals surface area contributed by atoms with Gasteiger partial charge in [-0.15, -0.1) is 36.4 Å². The van der Waals surface area contributed by atoms with Crippen LogP contribution in [0, 0.1) is 0 Å². The van der Waals surface area contributed by atoms with Crippen molar-refractivity contribution in [1.82, 2.24) is 0 Å². The monoisotopic (exact) mass is 286 g/mol. The van der Waals surface area contributed by atoms with Crippen LogP contribution in [0.15, 0.2) is 0 Å². The van der Waals surface area contributed by atoms with Crippen LogP contribution in [0.3, 0.4) is 0 Å². The minimum absolute atomic E-state index is 0. The van der Waals surface area contributed by atoms with Gasteiger partial charge in [0.25, 0.3) is 11.0 Å². The van der Waals surface area contributed by atoms with E-state index in [1.807, 2.05) is 0 Å². The van der Waals surface area contributed by atoms with Crippen LogP contribution in [0.2, 0.25) is 0 Å². The maximum absolute atomic E-state index is 8.59. The van der Waals surface area contributed by atoms with Gasteiger partial charge < -0.3 is 0 Å². The predicted octanol–water partition coefficient (Wildman–Crippen LogP) is -0.538. The van der Waals surface area contributed by atoms with Crippen molar-refractivity contribution < 1.29 is 13.0 Å². The molecule has 0 spiro atoms. The summed E-state index contributed by atoms with van der Waals surface area (Å²) in [4.78, 5) is 0. The van der Waals surface area contributed by atoms with Crippen molar-refractivity contribution in [3.63, 3.8) is 0 Å². The van der Waals surface area contributed by atoms with Gasteiger partial charge in [-0.2, -0.15) is 0 Å². The summed E-state index contributed by atoms with van der Waals surface area (Å²) in [6.07, 6.45) is 0. The standard InChI is InChI=1S/ClH.HI.K.H2O3S.H/c;;;1-4(2)3;/h2*1H;;4H,(H,1,2,3);. The number of halogens is 2. The molecule has 0 aromatic carbocycles. The number of thiol groups is 1. The molecule has 0 aliphatic heterocycles. The van der Waals surface area contributed by atoms with E-state index in [0.29, 0.717) is 0 Å². The SMILES string of the molecule is Cl.I.O=[SH](=O)O.[KH]. The topological polar surface area (TPSA) is 54.4 Å². The normalized spacial score (nSPS) is 4.86. The second kappa shape index (κ2) is 15.8. The molecule has 0 atom stereocenters. The summed E-state index contributed by atoms with van der Waals surface area (Å²) < 4.78 is 24.2. The zero-order valence-corrected chi connectivity index (χ0v) is 6.57. The second-order valence-corrected chi connectivity index (χ2v) is 0.714. The molecule has 0 fully saturated rings. The van der Waals surface area contributed by atoms with Crippen molar-refractivity contribution in [2.45, 2.75) is 0 Å². The molecule has 0 unspecified atom stereocenters. The van der Waals surface area contributed by atoms with Gasteiger partial charge in [0.15, 0.2) is 0 Å². The predicted molar refractivity (Wildman–Crippen MR) is 42.8 cm³/mol. The molecule has 0 saturated carbocycles. The Hall–Kier alpha value is 2.57. The summed E-state index contributed by atoms with van der Waals surface area (Å²) in [5.41, 5.74) is 0. The van der Waals surface area contributed by atoms with Gasteiger partial charge in [-0.05, 0) is 0 Å². The number of rotatable bonds is 0. The molecule has 0 heterocycles. The van der Waals surface area contributed by atoms with Crippen LogP contribution in [-0.2, 0) is 11.0 Å². The first kappa shape index (κ1) is 22.7. The Balaban J connectivity index is -0.0000000150. The van der Waals surface area contributed by atoms with Crippen molar-refractivity contribution in [3.8, 4) is 0 Å². The van der Waals surface area contributed by atoms with Gasteiger partial charge in [0.2, 0.25) is 0 Å². The number of hydrogen-bond acceptors (Lipinski definition) is 2. The third kappa shape index (κ3) is 56.1. The zero-order valence-electron chi connectivity index (χ0n) is 2.53. The van der Waals surface area contributed by atoms with Gasteiger partial charge in [-0.1, -0.05) is 0 Å². The zero-order chi connectivity index (χ0) is 3.58. The Labute approximate surface area is 109 Å². The Morgan fingerprint density at radius 1 is 1.29 bits per heavy atom. The first-order chi connectivity index (χ1) is 1.73. The van der Waals surface area contributed by atoms with Crippen LogP contribution >= 0.6 is 36.4 Å². The van der Waals surface area contributed by atoms with Crippen molar-refractivity contribution in [2.75, 3.05) is 0 Å². The third-order valence-electron chi connectivity index (χ3n) is 0. The molecular formula is H5ClIKO3S. The molecule has 7 heteroatoms. The van der Waals surface area contributed by atoms with Crippen molar-refractivity contribution in [2.24, 2.45) is 0 Å². The molecular weight excluding hydrogens is 282 g/mol. The minimum atomic E-state index is -3.12. The maximum atomic E-state index is 8.59. The molecule has 1 N–H and O–H groups in total. The Kier molecular flexibility index (Phi) is 51.2. The first-order valence-electron chi connectivity index (χ1n) is 0.565. The molecule has 0 rings (SSSR count). The quantitative estimate of drug-likeness (QED) is 0.272. The average Bonchev–Trinajstić information content (AvgIpc) is 0.811. The summed E-state index contributed by atoms with van der Waals surface area (Å²) in [5.74, 6) is 0. The van der Waals surface area contributed by atoms with Gasteiger partial charge in [-0.3, -0.25) is 4.55 Å². The van der Waals surface area contributed by atoms with Crippen LogP contribution in [0.5, 0.6) is 0 Å². The van der Waals surface area contributed by atoms with E-state index < -0.39 is 11.0 Å². The van der Waals surface area contributed by atoms with E-state index in [4.69, 9.17) is 13.0 Å². The van der Waals surface area contributed by atoms with Gasteiger partial charge in [0.1, 0.15) is 0 Å². The van der Waals surface area contributed by atoms with Crippen LogP contribution < -0.4 is 0 Å². The first-order valence-corrected chi connectivity index (χ1v) is 1.70. The molecule has 3 nitrogen and oxygen atoms in total. The molecule has 0 radical (unpaired) electrons. The summed E-state index contributed by atoms with van der Waals surface area (Å²) in [7, 11) is -3.12. The van der Waals surface area contributed by atoms with E-state index in [2.05, 4.69) is 0 Å². The van der Waals surface area contributed by atoms with Crippen molar-refractivity contribution >= 4 is 98.8 Å². The molecule has 0 bridgehead atoms. The molecule has 0 aliphatic carbocycles. The fourth-order valence-corrected chi connectivity index (χ4v) is 0. The summed E-state index contributed by atoms with van der Waals surface area (Å²) >= 11 is 0. The molecule has 0 amide bonds. The van der Waals surface area contributed by atoms with Crippen molar-refractivity contribution in [3.05, 3.63) is 0 Å². The molecule has 0 saturated heterocycles.